The Kier molecular flexibility index (Phi) is 2.43. The zero-order valence-corrected chi connectivity index (χ0v) is 11.2. The van der Waals surface area contributed by atoms with Crippen molar-refractivity contribution in [2.45, 2.75) is 18.9 Å². The molecule has 102 valence electrons. The van der Waals surface area contributed by atoms with Crippen LogP contribution in [0.4, 0.5) is 0 Å². The Balaban J connectivity index is 1.85. The van der Waals surface area contributed by atoms with Crippen LogP contribution in [0, 0.1) is 5.92 Å². The van der Waals surface area contributed by atoms with Crippen LogP contribution in [0.2, 0.25) is 0 Å². The van der Waals surface area contributed by atoms with Crippen LogP contribution in [0.3, 0.4) is 0 Å². The van der Waals surface area contributed by atoms with Crippen molar-refractivity contribution < 1.29 is 10.2 Å². The van der Waals surface area contributed by atoms with Crippen molar-refractivity contribution in [3.05, 3.63) is 57.9 Å². The molecule has 0 amide bonds. The van der Waals surface area contributed by atoms with Crippen LogP contribution < -0.4 is 10.4 Å². The second kappa shape index (κ2) is 4.17. The average Bonchev–Trinajstić information content (AvgIpc) is 2.47. The maximum absolute atomic E-state index is 9.81. The number of aliphatic hydroxyl groups excluding tert-OH is 2. The van der Waals surface area contributed by atoms with Crippen LogP contribution in [0.1, 0.15) is 12.8 Å². The first kappa shape index (κ1) is 11.6. The molecule has 0 bridgehead atoms. The Morgan fingerprint density at radius 2 is 1.90 bits per heavy atom. The van der Waals surface area contributed by atoms with Gasteiger partial charge in [0.1, 0.15) is 5.76 Å². The van der Waals surface area contributed by atoms with Crippen LogP contribution in [-0.4, -0.2) is 27.7 Å². The Labute approximate surface area is 117 Å². The van der Waals surface area contributed by atoms with Crippen LogP contribution in [0.5, 0.6) is 0 Å². The van der Waals surface area contributed by atoms with Gasteiger partial charge in [0, 0.05) is 19.2 Å². The van der Waals surface area contributed by atoms with Gasteiger partial charge in [-0.05, 0) is 34.4 Å². The Morgan fingerprint density at radius 3 is 2.75 bits per heavy atom. The maximum Gasteiger partial charge on any atom is 0.153 e. The lowest BCUT2D eigenvalue weighted by Crippen LogP contribution is -2.47. The minimum Gasteiger partial charge on any atom is -0.508 e. The number of hydrogen-bond donors (Lipinski definition) is 2. The molecule has 0 aromatic heterocycles. The molecule has 1 aromatic carbocycles. The van der Waals surface area contributed by atoms with E-state index in [0.29, 0.717) is 12.3 Å². The highest BCUT2D eigenvalue weighted by molar-refractivity contribution is 5.51. The summed E-state index contributed by atoms with van der Waals surface area (Å²) in [6.07, 6.45) is 7.83. The molecule has 1 aromatic rings. The third-order valence-corrected chi connectivity index (χ3v) is 4.58. The number of nitrogens with zero attached hydrogens (tertiary/aromatic N) is 1. The van der Waals surface area contributed by atoms with Gasteiger partial charge in [0.05, 0.1) is 6.04 Å². The molecule has 3 nitrogen and oxygen atoms in total. The molecule has 0 radical (unpaired) electrons. The van der Waals surface area contributed by atoms with E-state index in [0.717, 1.165) is 13.0 Å². The van der Waals surface area contributed by atoms with Gasteiger partial charge in [-0.25, -0.2) is 0 Å². The Bertz CT molecular complexity index is 744. The molecule has 2 N–H and O–H groups in total. The molecular formula is C17H17NO2. The lowest BCUT2D eigenvalue weighted by Gasteiger charge is -2.42. The summed E-state index contributed by atoms with van der Waals surface area (Å²) in [6, 6.07) is 8.58. The highest BCUT2D eigenvalue weighted by atomic mass is 16.3. The number of allylic oxidation sites excluding steroid dienone is 2. The van der Waals surface area contributed by atoms with Gasteiger partial charge in [0.2, 0.25) is 0 Å². The van der Waals surface area contributed by atoms with Crippen molar-refractivity contribution in [1.29, 1.82) is 0 Å². The van der Waals surface area contributed by atoms with E-state index in [1.165, 1.54) is 16.0 Å². The van der Waals surface area contributed by atoms with Crippen LogP contribution in [-0.2, 0) is 0 Å². The highest BCUT2D eigenvalue weighted by Crippen LogP contribution is 2.38. The molecule has 0 spiro atoms. The predicted octanol–water partition coefficient (Wildman–Crippen LogP) is 1.57. The SMILES string of the molecule is OC1=C(O)CC2CCN3C=c4ccccc4=CC3C2=C1. The summed E-state index contributed by atoms with van der Waals surface area (Å²) in [5.74, 6) is 0.514. The molecule has 1 saturated heterocycles. The standard InChI is InChI=1S/C17H17NO2/c19-16-8-12-5-6-18-10-13-4-2-1-3-11(13)7-15(18)14(12)9-17(16)20/h1-4,7,9-10,12,15,19-20H,5-6,8H2. The molecule has 20 heavy (non-hydrogen) atoms. The van der Waals surface area contributed by atoms with Gasteiger partial charge in [-0.2, -0.15) is 0 Å². The van der Waals surface area contributed by atoms with Gasteiger partial charge in [-0.1, -0.05) is 30.3 Å². The average molecular weight is 267 g/mol. The van der Waals surface area contributed by atoms with Gasteiger partial charge < -0.3 is 15.1 Å². The predicted molar refractivity (Wildman–Crippen MR) is 78.2 cm³/mol. The quantitative estimate of drug-likeness (QED) is 0.750. The molecule has 3 aliphatic rings. The van der Waals surface area contributed by atoms with Crippen LogP contribution >= 0.6 is 0 Å². The van der Waals surface area contributed by atoms with Crippen LogP contribution in [0.25, 0.3) is 12.3 Å². The zero-order valence-electron chi connectivity index (χ0n) is 11.2. The lowest BCUT2D eigenvalue weighted by atomic mass is 9.78. The fraction of sp³-hybridized carbons (Fsp3) is 0.294. The fourth-order valence-corrected chi connectivity index (χ4v) is 3.51. The number of aliphatic hydroxyl groups is 2. The van der Waals surface area contributed by atoms with Crippen molar-refractivity contribution in [1.82, 2.24) is 4.90 Å². The Morgan fingerprint density at radius 1 is 1.10 bits per heavy atom. The summed E-state index contributed by atoms with van der Waals surface area (Å²) in [4.78, 5) is 2.33. The molecule has 2 aliphatic heterocycles. The second-order valence-corrected chi connectivity index (χ2v) is 5.77. The number of hydrogen-bond acceptors (Lipinski definition) is 3. The summed E-state index contributed by atoms with van der Waals surface area (Å²) in [7, 11) is 0. The molecule has 0 saturated carbocycles. The molecule has 3 heteroatoms. The number of benzene rings is 1. The van der Waals surface area contributed by atoms with E-state index in [-0.39, 0.29) is 17.6 Å². The summed E-state index contributed by atoms with van der Waals surface area (Å²) in [6.45, 7) is 0.992. The van der Waals surface area contributed by atoms with E-state index < -0.39 is 0 Å². The van der Waals surface area contributed by atoms with E-state index in [1.54, 1.807) is 6.08 Å². The van der Waals surface area contributed by atoms with Gasteiger partial charge >= 0.3 is 0 Å². The van der Waals surface area contributed by atoms with Crippen molar-refractivity contribution in [3.63, 3.8) is 0 Å². The monoisotopic (exact) mass is 267 g/mol. The van der Waals surface area contributed by atoms with Crippen molar-refractivity contribution in [3.8, 4) is 0 Å². The molecule has 4 rings (SSSR count). The molecule has 1 fully saturated rings. The summed E-state index contributed by atoms with van der Waals surface area (Å²) < 4.78 is 0. The van der Waals surface area contributed by atoms with Gasteiger partial charge in [-0.3, -0.25) is 0 Å². The molecular weight excluding hydrogens is 250 g/mol. The third kappa shape index (κ3) is 1.66. The van der Waals surface area contributed by atoms with E-state index >= 15 is 0 Å². The maximum atomic E-state index is 9.81. The van der Waals surface area contributed by atoms with Crippen molar-refractivity contribution >= 4 is 12.3 Å². The fourth-order valence-electron chi connectivity index (χ4n) is 3.51. The first-order valence-corrected chi connectivity index (χ1v) is 7.09. The normalized spacial score (nSPS) is 27.6. The van der Waals surface area contributed by atoms with E-state index in [2.05, 4.69) is 41.4 Å². The molecule has 2 atom stereocenters. The number of rotatable bonds is 0. The van der Waals surface area contributed by atoms with E-state index in [1.807, 2.05) is 0 Å². The summed E-state index contributed by atoms with van der Waals surface area (Å²) >= 11 is 0. The molecule has 1 aliphatic carbocycles. The van der Waals surface area contributed by atoms with Crippen molar-refractivity contribution in [2.75, 3.05) is 6.54 Å². The second-order valence-electron chi connectivity index (χ2n) is 5.77. The largest absolute Gasteiger partial charge is 0.508 e. The Hall–Kier alpha value is -2.16. The zero-order chi connectivity index (χ0) is 13.7. The highest BCUT2D eigenvalue weighted by Gasteiger charge is 2.34. The lowest BCUT2D eigenvalue weighted by molar-refractivity contribution is 0.243. The molecule has 2 heterocycles. The third-order valence-electron chi connectivity index (χ3n) is 4.58. The minimum absolute atomic E-state index is 0.0327. The van der Waals surface area contributed by atoms with Gasteiger partial charge in [-0.15, -0.1) is 0 Å². The number of piperidine rings is 1. The molecule has 2 unspecified atom stereocenters. The summed E-state index contributed by atoms with van der Waals surface area (Å²) in [5.41, 5.74) is 1.22. The smallest absolute Gasteiger partial charge is 0.153 e. The van der Waals surface area contributed by atoms with E-state index in [9.17, 15) is 10.2 Å². The first-order chi connectivity index (χ1) is 9.72. The summed E-state index contributed by atoms with van der Waals surface area (Å²) in [5, 5.41) is 22.0. The van der Waals surface area contributed by atoms with E-state index in [4.69, 9.17) is 0 Å². The minimum atomic E-state index is 0.0327. The van der Waals surface area contributed by atoms with Crippen LogP contribution in [0.15, 0.2) is 47.4 Å². The van der Waals surface area contributed by atoms with Gasteiger partial charge in [0.25, 0.3) is 0 Å². The first-order valence-electron chi connectivity index (χ1n) is 7.09. The van der Waals surface area contributed by atoms with Crippen molar-refractivity contribution in [2.24, 2.45) is 5.92 Å². The topological polar surface area (TPSA) is 43.7 Å². The number of fused-ring (bicyclic) bond motifs is 4. The van der Waals surface area contributed by atoms with Gasteiger partial charge in [0.15, 0.2) is 5.76 Å².